The molecule has 6 heteroatoms. The lowest BCUT2D eigenvalue weighted by Gasteiger charge is -2.06. The fourth-order valence-corrected chi connectivity index (χ4v) is 1.61. The lowest BCUT2D eigenvalue weighted by Crippen LogP contribution is -2.27. The highest BCUT2D eigenvalue weighted by Gasteiger charge is 2.07. The zero-order chi connectivity index (χ0) is 12.7. The fourth-order valence-electron chi connectivity index (χ4n) is 1.13. The lowest BCUT2D eigenvalue weighted by molar-refractivity contribution is 0.0923. The van der Waals surface area contributed by atoms with Crippen LogP contribution in [0.15, 0.2) is 22.7 Å². The monoisotopic (exact) mass is 367 g/mol. The highest BCUT2D eigenvalue weighted by atomic mass is 79.9. The van der Waals surface area contributed by atoms with Gasteiger partial charge in [0.1, 0.15) is 5.82 Å². The molecular weight excluding hydrogens is 357 g/mol. The number of alkyl halides is 1. The summed E-state index contributed by atoms with van der Waals surface area (Å²) in [7, 11) is 0. The number of hydrogen-bond acceptors (Lipinski definition) is 2. The Balaban J connectivity index is 2.39. The van der Waals surface area contributed by atoms with E-state index >= 15 is 0 Å². The van der Waals surface area contributed by atoms with Crippen LogP contribution in [0.1, 0.15) is 10.4 Å². The second-order valence-electron chi connectivity index (χ2n) is 3.19. The van der Waals surface area contributed by atoms with Crippen molar-refractivity contribution in [2.75, 3.05) is 25.1 Å². The van der Waals surface area contributed by atoms with E-state index in [9.17, 15) is 9.18 Å². The first kappa shape index (κ1) is 14.6. The third-order valence-corrected chi connectivity index (χ3v) is 2.90. The zero-order valence-corrected chi connectivity index (χ0v) is 12.2. The molecule has 0 atom stereocenters. The maximum Gasteiger partial charge on any atom is 0.251 e. The molecular formula is C11H12Br2FNO2. The number of benzene rings is 1. The molecule has 0 spiro atoms. The molecule has 1 amide bonds. The van der Waals surface area contributed by atoms with Gasteiger partial charge >= 0.3 is 0 Å². The first-order valence-electron chi connectivity index (χ1n) is 5.02. The van der Waals surface area contributed by atoms with Crippen LogP contribution < -0.4 is 5.32 Å². The van der Waals surface area contributed by atoms with Crippen molar-refractivity contribution in [3.8, 4) is 0 Å². The van der Waals surface area contributed by atoms with Gasteiger partial charge in [0.05, 0.1) is 17.7 Å². The molecule has 0 heterocycles. The molecule has 0 saturated heterocycles. The van der Waals surface area contributed by atoms with Gasteiger partial charge in [-0.3, -0.25) is 4.79 Å². The Bertz CT molecular complexity index is 388. The molecule has 1 N–H and O–H groups in total. The Morgan fingerprint density at radius 3 is 2.82 bits per heavy atom. The predicted octanol–water partition coefficient (Wildman–Crippen LogP) is 2.73. The van der Waals surface area contributed by atoms with E-state index in [1.54, 1.807) is 6.07 Å². The maximum absolute atomic E-state index is 13.2. The number of nitrogens with one attached hydrogen (secondary N) is 1. The Morgan fingerprint density at radius 2 is 2.18 bits per heavy atom. The van der Waals surface area contributed by atoms with Crippen molar-refractivity contribution in [2.45, 2.75) is 0 Å². The summed E-state index contributed by atoms with van der Waals surface area (Å²) in [5, 5.41) is 3.41. The van der Waals surface area contributed by atoms with Gasteiger partial charge in [-0.2, -0.15) is 0 Å². The third-order valence-electron chi connectivity index (χ3n) is 1.94. The van der Waals surface area contributed by atoms with Crippen molar-refractivity contribution in [1.29, 1.82) is 0 Å². The van der Waals surface area contributed by atoms with E-state index < -0.39 is 5.82 Å². The number of halogens is 3. The zero-order valence-electron chi connectivity index (χ0n) is 9.01. The first-order chi connectivity index (χ1) is 8.15. The number of ether oxygens (including phenoxy) is 1. The van der Waals surface area contributed by atoms with Crippen LogP contribution in [0.4, 0.5) is 4.39 Å². The van der Waals surface area contributed by atoms with Crippen LogP contribution in [0.2, 0.25) is 0 Å². The van der Waals surface area contributed by atoms with Crippen LogP contribution >= 0.6 is 31.9 Å². The van der Waals surface area contributed by atoms with Crippen LogP contribution in [-0.2, 0) is 4.74 Å². The largest absolute Gasteiger partial charge is 0.379 e. The highest BCUT2D eigenvalue weighted by molar-refractivity contribution is 9.10. The molecule has 1 aromatic carbocycles. The Labute approximate surface area is 116 Å². The van der Waals surface area contributed by atoms with Crippen LogP contribution in [0.3, 0.4) is 0 Å². The minimum atomic E-state index is -0.451. The van der Waals surface area contributed by atoms with E-state index in [4.69, 9.17) is 4.74 Å². The number of amides is 1. The van der Waals surface area contributed by atoms with Crippen molar-refractivity contribution in [3.63, 3.8) is 0 Å². The lowest BCUT2D eigenvalue weighted by atomic mass is 10.2. The number of hydrogen-bond donors (Lipinski definition) is 1. The highest BCUT2D eigenvalue weighted by Crippen LogP contribution is 2.16. The molecule has 3 nitrogen and oxygen atoms in total. The topological polar surface area (TPSA) is 38.3 Å². The molecule has 0 bridgehead atoms. The molecule has 1 rings (SSSR count). The Kier molecular flexibility index (Phi) is 6.69. The summed E-state index contributed by atoms with van der Waals surface area (Å²) in [5.41, 5.74) is 0.297. The summed E-state index contributed by atoms with van der Waals surface area (Å²) >= 11 is 6.25. The second kappa shape index (κ2) is 7.79. The standard InChI is InChI=1S/C11H12Br2FNO2/c12-3-5-17-6-4-15-11(16)8-1-2-9(13)10(14)7-8/h1-2,7H,3-6H2,(H,15,16). The maximum atomic E-state index is 13.2. The fraction of sp³-hybridized carbons (Fsp3) is 0.364. The minimum absolute atomic E-state index is 0.297. The molecule has 0 unspecified atom stereocenters. The molecule has 0 fully saturated rings. The molecule has 0 aliphatic rings. The third kappa shape index (κ3) is 5.14. The van der Waals surface area contributed by atoms with E-state index in [2.05, 4.69) is 37.2 Å². The van der Waals surface area contributed by atoms with Gasteiger partial charge in [-0.25, -0.2) is 4.39 Å². The van der Waals surface area contributed by atoms with E-state index in [-0.39, 0.29) is 5.91 Å². The molecule has 0 aliphatic heterocycles. The predicted molar refractivity (Wildman–Crippen MR) is 71.0 cm³/mol. The molecule has 0 aliphatic carbocycles. The summed E-state index contributed by atoms with van der Waals surface area (Å²) in [6, 6.07) is 4.26. The summed E-state index contributed by atoms with van der Waals surface area (Å²) < 4.78 is 18.7. The smallest absolute Gasteiger partial charge is 0.251 e. The SMILES string of the molecule is O=C(NCCOCCBr)c1ccc(Br)c(F)c1. The Hall–Kier alpha value is -0.460. The number of carbonyl (C=O) groups excluding carboxylic acids is 1. The van der Waals surface area contributed by atoms with E-state index in [0.717, 1.165) is 5.33 Å². The van der Waals surface area contributed by atoms with Crippen molar-refractivity contribution < 1.29 is 13.9 Å². The Morgan fingerprint density at radius 1 is 1.41 bits per heavy atom. The first-order valence-corrected chi connectivity index (χ1v) is 6.93. The van der Waals surface area contributed by atoms with Gasteiger partial charge in [-0.1, -0.05) is 15.9 Å². The van der Waals surface area contributed by atoms with Gasteiger partial charge < -0.3 is 10.1 Å². The van der Waals surface area contributed by atoms with Gasteiger partial charge in [0.25, 0.3) is 5.91 Å². The van der Waals surface area contributed by atoms with Gasteiger partial charge in [0.15, 0.2) is 0 Å². The molecule has 17 heavy (non-hydrogen) atoms. The van der Waals surface area contributed by atoms with Gasteiger partial charge in [0.2, 0.25) is 0 Å². The van der Waals surface area contributed by atoms with Crippen LogP contribution in [0.5, 0.6) is 0 Å². The summed E-state index contributed by atoms with van der Waals surface area (Å²) in [5.74, 6) is -0.757. The average molecular weight is 369 g/mol. The second-order valence-corrected chi connectivity index (χ2v) is 4.83. The molecule has 1 aromatic rings. The summed E-state index contributed by atoms with van der Waals surface area (Å²) in [6.45, 7) is 1.45. The normalized spacial score (nSPS) is 10.3. The molecule has 0 saturated carbocycles. The summed E-state index contributed by atoms with van der Waals surface area (Å²) in [4.78, 5) is 11.6. The molecule has 0 aromatic heterocycles. The van der Waals surface area contributed by atoms with Crippen LogP contribution in [0, 0.1) is 5.82 Å². The number of rotatable bonds is 6. The average Bonchev–Trinajstić information content (AvgIpc) is 2.32. The number of carbonyl (C=O) groups is 1. The van der Waals surface area contributed by atoms with Crippen molar-refractivity contribution in [3.05, 3.63) is 34.1 Å². The van der Waals surface area contributed by atoms with E-state index in [0.29, 0.717) is 29.8 Å². The summed E-state index contributed by atoms with van der Waals surface area (Å²) in [6.07, 6.45) is 0. The van der Waals surface area contributed by atoms with Gasteiger partial charge in [-0.05, 0) is 34.1 Å². The van der Waals surface area contributed by atoms with E-state index in [1.165, 1.54) is 12.1 Å². The minimum Gasteiger partial charge on any atom is -0.379 e. The van der Waals surface area contributed by atoms with Gasteiger partial charge in [0, 0.05) is 17.4 Å². The van der Waals surface area contributed by atoms with Gasteiger partial charge in [-0.15, -0.1) is 0 Å². The van der Waals surface area contributed by atoms with Crippen molar-refractivity contribution >= 4 is 37.8 Å². The quantitative estimate of drug-likeness (QED) is 0.619. The molecule has 94 valence electrons. The van der Waals surface area contributed by atoms with Crippen molar-refractivity contribution in [2.24, 2.45) is 0 Å². The van der Waals surface area contributed by atoms with E-state index in [1.807, 2.05) is 0 Å². The molecule has 0 radical (unpaired) electrons. The van der Waals surface area contributed by atoms with Crippen LogP contribution in [-0.4, -0.2) is 31.0 Å². The van der Waals surface area contributed by atoms with Crippen LogP contribution in [0.25, 0.3) is 0 Å². The van der Waals surface area contributed by atoms with Crippen molar-refractivity contribution in [1.82, 2.24) is 5.32 Å².